The average molecular weight is 640 g/mol. The zero-order valence-corrected chi connectivity index (χ0v) is 29.5. The van der Waals surface area contributed by atoms with E-state index >= 15 is 0 Å². The van der Waals surface area contributed by atoms with Gasteiger partial charge in [0.25, 0.3) is 5.82 Å². The summed E-state index contributed by atoms with van der Waals surface area (Å²) < 4.78 is 11.7. The van der Waals surface area contributed by atoms with Crippen LogP contribution in [0.25, 0.3) is 72.3 Å². The molecule has 0 atom stereocenters. The van der Waals surface area contributed by atoms with E-state index in [1.165, 1.54) is 61.2 Å². The smallest absolute Gasteiger partial charge is 0.299 e. The highest BCUT2D eigenvalue weighted by molar-refractivity contribution is 6.10. The third-order valence-corrected chi connectivity index (χ3v) is 10.4. The second kappa shape index (κ2) is 11.9. The van der Waals surface area contributed by atoms with E-state index in [9.17, 15) is 0 Å². The van der Waals surface area contributed by atoms with Crippen molar-refractivity contribution >= 4 is 33.0 Å². The summed E-state index contributed by atoms with van der Waals surface area (Å²) in [7, 11) is 2.21. The minimum Gasteiger partial charge on any atom is -0.455 e. The Hall–Kier alpha value is -5.41. The Bertz CT molecular complexity index is 2480. The number of benzene rings is 6. The highest BCUT2D eigenvalue weighted by Gasteiger charge is 2.34. The first-order valence-electron chi connectivity index (χ1n) is 17.5. The normalized spacial score (nSPS) is 11.9. The molecule has 242 valence electrons. The summed E-state index contributed by atoms with van der Waals surface area (Å²) in [6.45, 7) is 13.8. The summed E-state index contributed by atoms with van der Waals surface area (Å²) in [4.78, 5) is 0. The standard InChI is InChI=1S/C46H43N2O/c1-28(2)37-26-35(34-23-21-33(22-24-34)32-15-9-8-10-16-32)27-38(29(3)4)44(37)48-41-19-13-12-18-40(41)47(7)46(48)43-31(6)30(5)25-39-36-17-11-14-20-42(36)49-45(39)43/h8-29H,1-7H3/q+1. The lowest BCUT2D eigenvalue weighted by Gasteiger charge is -2.21. The molecular formula is C46H43N2O+. The molecule has 0 saturated carbocycles. The Morgan fingerprint density at radius 2 is 1.16 bits per heavy atom. The van der Waals surface area contributed by atoms with E-state index in [-0.39, 0.29) is 0 Å². The van der Waals surface area contributed by atoms with Gasteiger partial charge in [-0.15, -0.1) is 0 Å². The molecule has 3 nitrogen and oxygen atoms in total. The number of hydrogen-bond acceptors (Lipinski definition) is 1. The van der Waals surface area contributed by atoms with E-state index in [1.807, 2.05) is 0 Å². The summed E-state index contributed by atoms with van der Waals surface area (Å²) >= 11 is 0. The van der Waals surface area contributed by atoms with Crippen LogP contribution < -0.4 is 4.57 Å². The minimum absolute atomic E-state index is 0.292. The summed E-state index contributed by atoms with van der Waals surface area (Å²) in [6.07, 6.45) is 0. The lowest BCUT2D eigenvalue weighted by molar-refractivity contribution is -0.633. The van der Waals surface area contributed by atoms with Crippen molar-refractivity contribution < 1.29 is 8.98 Å². The first-order valence-corrected chi connectivity index (χ1v) is 17.5. The maximum absolute atomic E-state index is 6.76. The summed E-state index contributed by atoms with van der Waals surface area (Å²) in [5.41, 5.74) is 16.8. The molecule has 0 radical (unpaired) electrons. The molecule has 0 fully saturated rings. The zero-order chi connectivity index (χ0) is 34.0. The molecule has 0 bridgehead atoms. The van der Waals surface area contributed by atoms with Crippen LogP contribution in [0.2, 0.25) is 0 Å². The Kier molecular flexibility index (Phi) is 7.52. The molecule has 8 aromatic rings. The monoisotopic (exact) mass is 639 g/mol. The molecule has 0 amide bonds. The Morgan fingerprint density at radius 1 is 0.592 bits per heavy atom. The number of fused-ring (bicyclic) bond motifs is 4. The molecule has 0 spiro atoms. The van der Waals surface area contributed by atoms with Crippen LogP contribution >= 0.6 is 0 Å². The van der Waals surface area contributed by atoms with E-state index in [0.29, 0.717) is 11.8 Å². The van der Waals surface area contributed by atoms with E-state index in [4.69, 9.17) is 4.42 Å². The van der Waals surface area contributed by atoms with Crippen molar-refractivity contribution in [1.29, 1.82) is 0 Å². The molecule has 0 unspecified atom stereocenters. The Labute approximate surface area is 289 Å². The van der Waals surface area contributed by atoms with Gasteiger partial charge in [-0.3, -0.25) is 0 Å². The molecule has 2 aromatic heterocycles. The fourth-order valence-electron chi connectivity index (χ4n) is 7.65. The predicted molar refractivity (Wildman–Crippen MR) is 206 cm³/mol. The molecule has 49 heavy (non-hydrogen) atoms. The Morgan fingerprint density at radius 3 is 1.84 bits per heavy atom. The summed E-state index contributed by atoms with van der Waals surface area (Å²) in [5, 5.41) is 2.31. The van der Waals surface area contributed by atoms with Crippen molar-refractivity contribution in [2.45, 2.75) is 53.4 Å². The van der Waals surface area contributed by atoms with Crippen LogP contribution in [0.3, 0.4) is 0 Å². The van der Waals surface area contributed by atoms with Gasteiger partial charge in [0.05, 0.1) is 7.05 Å². The number of aromatic nitrogens is 2. The van der Waals surface area contributed by atoms with E-state index in [0.717, 1.165) is 33.3 Å². The maximum atomic E-state index is 6.76. The van der Waals surface area contributed by atoms with Crippen LogP contribution in [-0.4, -0.2) is 4.57 Å². The number of hydrogen-bond donors (Lipinski definition) is 0. The average Bonchev–Trinajstić information content (AvgIpc) is 3.63. The highest BCUT2D eigenvalue weighted by Crippen LogP contribution is 2.44. The number of nitrogens with zero attached hydrogens (tertiary/aromatic N) is 2. The zero-order valence-electron chi connectivity index (χ0n) is 29.5. The second-order valence-corrected chi connectivity index (χ2v) is 14.1. The van der Waals surface area contributed by atoms with Gasteiger partial charge in [-0.1, -0.05) is 113 Å². The van der Waals surface area contributed by atoms with Crippen LogP contribution in [-0.2, 0) is 7.05 Å². The quantitative estimate of drug-likeness (QED) is 0.166. The van der Waals surface area contributed by atoms with Crippen LogP contribution in [0.15, 0.2) is 126 Å². The van der Waals surface area contributed by atoms with E-state index in [1.54, 1.807) is 0 Å². The van der Waals surface area contributed by atoms with Gasteiger partial charge >= 0.3 is 0 Å². The molecule has 2 heterocycles. The van der Waals surface area contributed by atoms with Gasteiger partial charge in [0, 0.05) is 21.9 Å². The third kappa shape index (κ3) is 4.99. The molecule has 3 heteroatoms. The SMILES string of the molecule is Cc1cc2c(oc3ccccc32)c(-c2n(-c3c(C(C)C)cc(-c4ccc(-c5ccccc5)cc4)cc3C(C)C)c3ccccc3[n+]2C)c1C. The fourth-order valence-corrected chi connectivity index (χ4v) is 7.65. The van der Waals surface area contributed by atoms with Crippen molar-refractivity contribution in [2.75, 3.05) is 0 Å². The Balaban J connectivity index is 1.44. The highest BCUT2D eigenvalue weighted by atomic mass is 16.3. The molecular weight excluding hydrogens is 597 g/mol. The third-order valence-electron chi connectivity index (χ3n) is 10.4. The topological polar surface area (TPSA) is 21.9 Å². The molecule has 0 aliphatic heterocycles. The number of imidazole rings is 1. The predicted octanol–water partition coefficient (Wildman–Crippen LogP) is 12.2. The van der Waals surface area contributed by atoms with Gasteiger partial charge < -0.3 is 4.42 Å². The van der Waals surface area contributed by atoms with Gasteiger partial charge in [-0.05, 0) is 95.5 Å². The summed E-state index contributed by atoms with van der Waals surface area (Å²) in [5.74, 6) is 1.72. The van der Waals surface area contributed by atoms with Gasteiger partial charge in [-0.2, -0.15) is 4.57 Å². The van der Waals surface area contributed by atoms with Crippen LogP contribution in [0.1, 0.15) is 61.8 Å². The molecule has 8 rings (SSSR count). The fraction of sp³-hybridized carbons (Fsp3) is 0.196. The first-order chi connectivity index (χ1) is 23.7. The van der Waals surface area contributed by atoms with Crippen LogP contribution in [0, 0.1) is 13.8 Å². The molecule has 0 saturated heterocycles. The lowest BCUT2D eigenvalue weighted by Crippen LogP contribution is -2.30. The van der Waals surface area contributed by atoms with E-state index < -0.39 is 0 Å². The van der Waals surface area contributed by atoms with Crippen LogP contribution in [0.4, 0.5) is 0 Å². The van der Waals surface area contributed by atoms with Gasteiger partial charge in [0.15, 0.2) is 16.6 Å². The first kappa shape index (κ1) is 30.9. The molecule has 0 aliphatic rings. The molecule has 0 N–H and O–H groups in total. The van der Waals surface area contributed by atoms with Crippen LogP contribution in [0.5, 0.6) is 0 Å². The number of rotatable bonds is 6. The van der Waals surface area contributed by atoms with Gasteiger partial charge in [0.2, 0.25) is 0 Å². The van der Waals surface area contributed by atoms with Crippen molar-refractivity contribution in [2.24, 2.45) is 7.05 Å². The van der Waals surface area contributed by atoms with E-state index in [2.05, 4.69) is 179 Å². The molecule has 6 aromatic carbocycles. The van der Waals surface area contributed by atoms with Crippen molar-refractivity contribution in [1.82, 2.24) is 4.57 Å². The number of furan rings is 1. The van der Waals surface area contributed by atoms with Crippen molar-refractivity contribution in [3.05, 3.63) is 144 Å². The minimum atomic E-state index is 0.292. The van der Waals surface area contributed by atoms with Crippen molar-refractivity contribution in [3.8, 4) is 39.3 Å². The number of para-hydroxylation sites is 3. The number of aryl methyl sites for hydroxylation is 2. The molecule has 0 aliphatic carbocycles. The van der Waals surface area contributed by atoms with Crippen molar-refractivity contribution in [3.63, 3.8) is 0 Å². The second-order valence-electron chi connectivity index (χ2n) is 14.1. The maximum Gasteiger partial charge on any atom is 0.299 e. The summed E-state index contributed by atoms with van der Waals surface area (Å²) in [6, 6.07) is 44.0. The van der Waals surface area contributed by atoms with Gasteiger partial charge in [0.1, 0.15) is 16.8 Å². The largest absolute Gasteiger partial charge is 0.455 e. The van der Waals surface area contributed by atoms with Gasteiger partial charge in [-0.25, -0.2) is 4.57 Å². The lowest BCUT2D eigenvalue weighted by atomic mass is 9.87.